The Kier molecular flexibility index (Phi) is 3.62. The molecule has 1 aromatic rings. The van der Waals surface area contributed by atoms with Gasteiger partial charge in [-0.3, -0.25) is 10.1 Å². The quantitative estimate of drug-likeness (QED) is 0.809. The standard InChI is InChI=1S/C10H7F3N4O/c1-3-6-7(5-14)17(4-2)9(15-6)16-8(18)10(11,12)13/h1H,4H2,2H3,(H,15,16,18). The maximum absolute atomic E-state index is 12.1. The van der Waals surface area contributed by atoms with Crippen LogP contribution in [0.1, 0.15) is 18.3 Å². The van der Waals surface area contributed by atoms with Crippen LogP contribution in [0.15, 0.2) is 0 Å². The van der Waals surface area contributed by atoms with Crippen LogP contribution in [0.4, 0.5) is 19.1 Å². The third-order valence-electron chi connectivity index (χ3n) is 2.01. The maximum Gasteiger partial charge on any atom is 0.471 e. The Bertz CT molecular complexity index is 559. The number of rotatable bonds is 2. The molecular formula is C10H7F3N4O. The highest BCUT2D eigenvalue weighted by molar-refractivity contribution is 5.93. The van der Waals surface area contributed by atoms with Crippen LogP contribution in [0, 0.1) is 23.7 Å². The minimum atomic E-state index is -5.03. The number of carbonyl (C=O) groups excluding carboxylic acids is 1. The molecule has 1 heterocycles. The number of nitrogens with one attached hydrogen (secondary N) is 1. The van der Waals surface area contributed by atoms with Crippen molar-refractivity contribution in [1.82, 2.24) is 9.55 Å². The van der Waals surface area contributed by atoms with Gasteiger partial charge in [-0.2, -0.15) is 18.4 Å². The van der Waals surface area contributed by atoms with Gasteiger partial charge in [0.1, 0.15) is 6.07 Å². The number of nitrogens with zero attached hydrogens (tertiary/aromatic N) is 3. The number of amides is 1. The van der Waals surface area contributed by atoms with Crippen molar-refractivity contribution in [3.63, 3.8) is 0 Å². The average Bonchev–Trinajstić information content (AvgIpc) is 2.64. The molecule has 1 rings (SSSR count). The van der Waals surface area contributed by atoms with E-state index in [-0.39, 0.29) is 17.9 Å². The third kappa shape index (κ3) is 2.43. The Hall–Kier alpha value is -2.48. The molecule has 0 saturated heterocycles. The second-order valence-electron chi connectivity index (χ2n) is 3.08. The van der Waals surface area contributed by atoms with E-state index in [2.05, 4.69) is 10.9 Å². The lowest BCUT2D eigenvalue weighted by molar-refractivity contribution is -0.167. The summed E-state index contributed by atoms with van der Waals surface area (Å²) < 4.78 is 37.4. The van der Waals surface area contributed by atoms with Gasteiger partial charge >= 0.3 is 12.1 Å². The highest BCUT2D eigenvalue weighted by atomic mass is 19.4. The predicted octanol–water partition coefficient (Wildman–Crippen LogP) is 1.26. The highest BCUT2D eigenvalue weighted by Gasteiger charge is 2.39. The Morgan fingerprint density at radius 3 is 2.61 bits per heavy atom. The summed E-state index contributed by atoms with van der Waals surface area (Å²) in [6.07, 6.45) is 0.0338. The van der Waals surface area contributed by atoms with Crippen molar-refractivity contribution in [2.45, 2.75) is 19.6 Å². The van der Waals surface area contributed by atoms with E-state index in [1.54, 1.807) is 18.3 Å². The fraction of sp³-hybridized carbons (Fsp3) is 0.300. The largest absolute Gasteiger partial charge is 0.471 e. The van der Waals surface area contributed by atoms with Crippen molar-refractivity contribution in [1.29, 1.82) is 5.26 Å². The van der Waals surface area contributed by atoms with E-state index >= 15 is 0 Å². The van der Waals surface area contributed by atoms with E-state index < -0.39 is 18.0 Å². The van der Waals surface area contributed by atoms with Crippen molar-refractivity contribution in [2.24, 2.45) is 0 Å². The minimum Gasteiger partial charge on any atom is -0.301 e. The molecule has 5 nitrogen and oxygen atoms in total. The summed E-state index contributed by atoms with van der Waals surface area (Å²) >= 11 is 0. The summed E-state index contributed by atoms with van der Waals surface area (Å²) in [4.78, 5) is 14.4. The molecule has 94 valence electrons. The molecule has 0 unspecified atom stereocenters. The average molecular weight is 256 g/mol. The van der Waals surface area contributed by atoms with E-state index in [9.17, 15) is 18.0 Å². The lowest BCUT2D eigenvalue weighted by atomic mass is 10.3. The number of nitriles is 1. The van der Waals surface area contributed by atoms with Gasteiger partial charge in [-0.1, -0.05) is 0 Å². The van der Waals surface area contributed by atoms with Crippen LogP contribution in [0.5, 0.6) is 0 Å². The normalized spacial score (nSPS) is 10.6. The van der Waals surface area contributed by atoms with E-state index in [0.717, 1.165) is 4.57 Å². The molecule has 0 aliphatic heterocycles. The lowest BCUT2D eigenvalue weighted by Gasteiger charge is -2.08. The van der Waals surface area contributed by atoms with Crippen molar-refractivity contribution >= 4 is 11.9 Å². The van der Waals surface area contributed by atoms with Crippen LogP contribution in [-0.2, 0) is 11.3 Å². The number of carbonyl (C=O) groups is 1. The molecule has 1 aromatic heterocycles. The summed E-state index contributed by atoms with van der Waals surface area (Å²) in [5, 5.41) is 10.4. The molecule has 0 aliphatic carbocycles. The second-order valence-corrected chi connectivity index (χ2v) is 3.08. The van der Waals surface area contributed by atoms with E-state index in [4.69, 9.17) is 11.7 Å². The van der Waals surface area contributed by atoms with Gasteiger partial charge in [0, 0.05) is 6.54 Å². The molecule has 1 amide bonds. The van der Waals surface area contributed by atoms with Crippen LogP contribution in [0.25, 0.3) is 0 Å². The Balaban J connectivity index is 3.20. The molecule has 0 aromatic carbocycles. The van der Waals surface area contributed by atoms with Crippen molar-refractivity contribution in [3.05, 3.63) is 11.4 Å². The molecule has 0 bridgehead atoms. The van der Waals surface area contributed by atoms with Crippen molar-refractivity contribution in [3.8, 4) is 18.4 Å². The van der Waals surface area contributed by atoms with Crippen LogP contribution in [-0.4, -0.2) is 21.6 Å². The zero-order chi connectivity index (χ0) is 13.9. The Morgan fingerprint density at radius 1 is 1.61 bits per heavy atom. The van der Waals surface area contributed by atoms with Gasteiger partial charge in [-0.05, 0) is 12.8 Å². The number of hydrogen-bond acceptors (Lipinski definition) is 3. The van der Waals surface area contributed by atoms with Gasteiger partial charge in [0.15, 0.2) is 11.4 Å². The fourth-order valence-corrected chi connectivity index (χ4v) is 1.24. The molecule has 1 N–H and O–H groups in total. The number of terminal acetylenes is 1. The highest BCUT2D eigenvalue weighted by Crippen LogP contribution is 2.20. The number of aromatic nitrogens is 2. The molecule has 0 fully saturated rings. The van der Waals surface area contributed by atoms with Gasteiger partial charge in [0.2, 0.25) is 5.95 Å². The summed E-state index contributed by atoms with van der Waals surface area (Å²) in [6, 6.07) is 1.72. The zero-order valence-electron chi connectivity index (χ0n) is 9.17. The first-order valence-electron chi connectivity index (χ1n) is 4.70. The first-order chi connectivity index (χ1) is 8.35. The number of imidazole rings is 1. The Labute approximate surface area is 100 Å². The van der Waals surface area contributed by atoms with Gasteiger partial charge in [0.05, 0.1) is 0 Å². The van der Waals surface area contributed by atoms with Crippen molar-refractivity contribution < 1.29 is 18.0 Å². The van der Waals surface area contributed by atoms with Crippen molar-refractivity contribution in [2.75, 3.05) is 5.32 Å². The number of anilines is 1. The first kappa shape index (κ1) is 13.6. The smallest absolute Gasteiger partial charge is 0.301 e. The summed E-state index contributed by atoms with van der Waals surface area (Å²) in [5.74, 6) is -0.503. The molecular weight excluding hydrogens is 249 g/mol. The third-order valence-corrected chi connectivity index (χ3v) is 2.01. The lowest BCUT2D eigenvalue weighted by Crippen LogP contribution is -2.31. The maximum atomic E-state index is 12.1. The Morgan fingerprint density at radius 2 is 2.22 bits per heavy atom. The predicted molar refractivity (Wildman–Crippen MR) is 55.2 cm³/mol. The molecule has 0 spiro atoms. The van der Waals surface area contributed by atoms with E-state index in [0.29, 0.717) is 0 Å². The van der Waals surface area contributed by atoms with Crippen LogP contribution in [0.3, 0.4) is 0 Å². The summed E-state index contributed by atoms with van der Waals surface area (Å²) in [5.41, 5.74) is -0.186. The number of halogens is 3. The molecule has 8 heteroatoms. The summed E-state index contributed by atoms with van der Waals surface area (Å²) in [6.45, 7) is 1.72. The van der Waals surface area contributed by atoms with Gasteiger partial charge < -0.3 is 4.57 Å². The summed E-state index contributed by atoms with van der Waals surface area (Å²) in [7, 11) is 0. The van der Waals surface area contributed by atoms with Gasteiger partial charge in [-0.25, -0.2) is 4.98 Å². The molecule has 0 radical (unpaired) electrons. The molecule has 0 saturated carbocycles. The van der Waals surface area contributed by atoms with Gasteiger partial charge in [0.25, 0.3) is 0 Å². The molecule has 0 aliphatic rings. The van der Waals surface area contributed by atoms with Crippen LogP contribution in [0.2, 0.25) is 0 Å². The second kappa shape index (κ2) is 4.80. The zero-order valence-corrected chi connectivity index (χ0v) is 9.17. The minimum absolute atomic E-state index is 0.0718. The monoisotopic (exact) mass is 256 g/mol. The fourth-order valence-electron chi connectivity index (χ4n) is 1.24. The van der Waals surface area contributed by atoms with Crippen LogP contribution >= 0.6 is 0 Å². The van der Waals surface area contributed by atoms with Crippen LogP contribution < -0.4 is 5.32 Å². The van der Waals surface area contributed by atoms with Gasteiger partial charge in [-0.15, -0.1) is 6.42 Å². The topological polar surface area (TPSA) is 70.7 Å². The number of alkyl halides is 3. The SMILES string of the molecule is C#Cc1nc(NC(=O)C(F)(F)F)n(CC)c1C#N. The molecule has 18 heavy (non-hydrogen) atoms. The first-order valence-corrected chi connectivity index (χ1v) is 4.70. The van der Waals surface area contributed by atoms with E-state index in [1.165, 1.54) is 0 Å². The van der Waals surface area contributed by atoms with E-state index in [1.807, 2.05) is 0 Å². The molecule has 0 atom stereocenters. The number of hydrogen-bond donors (Lipinski definition) is 1.